The number of pyridine rings is 1. The number of hydrogen-bond donors (Lipinski definition) is 0. The molecule has 40 heavy (non-hydrogen) atoms. The molecule has 0 aliphatic carbocycles. The summed E-state index contributed by atoms with van der Waals surface area (Å²) in [5.41, 5.74) is 7.24. The summed E-state index contributed by atoms with van der Waals surface area (Å²) < 4.78 is 47.7. The lowest BCUT2D eigenvalue weighted by Gasteiger charge is -2.48. The fourth-order valence-electron chi connectivity index (χ4n) is 7.43. The Bertz CT molecular complexity index is 1750. The predicted molar refractivity (Wildman–Crippen MR) is 148 cm³/mol. The number of hydrogen-bond acceptors (Lipinski definition) is 2. The van der Waals surface area contributed by atoms with E-state index in [4.69, 9.17) is 0 Å². The van der Waals surface area contributed by atoms with Crippen LogP contribution in [0.25, 0.3) is 28.1 Å². The number of halogens is 3. The first-order chi connectivity index (χ1) is 19.5. The molecule has 0 N–H and O–H groups in total. The summed E-state index contributed by atoms with van der Waals surface area (Å²) in [4.78, 5) is 4.74. The minimum absolute atomic E-state index is 0.0428. The van der Waals surface area contributed by atoms with Gasteiger partial charge < -0.3 is 9.80 Å². The van der Waals surface area contributed by atoms with Gasteiger partial charge >= 0.3 is 0 Å². The van der Waals surface area contributed by atoms with Gasteiger partial charge in [-0.15, -0.1) is 0 Å². The summed E-state index contributed by atoms with van der Waals surface area (Å²) in [7, 11) is 0. The number of aromatic nitrogens is 1. The number of rotatable bonds is 1. The summed E-state index contributed by atoms with van der Waals surface area (Å²) in [5, 5.41) is 0. The van der Waals surface area contributed by atoms with Crippen LogP contribution in [0, 0.1) is 17.5 Å². The molecule has 0 radical (unpaired) electrons. The Morgan fingerprint density at radius 2 is 1.70 bits per heavy atom. The lowest BCUT2D eigenvalue weighted by Crippen LogP contribution is -2.53. The smallest absolute Gasteiger partial charge is 0.221 e. The largest absolute Gasteiger partial charge is 0.352 e. The van der Waals surface area contributed by atoms with Crippen molar-refractivity contribution >= 4 is 5.70 Å². The Balaban J connectivity index is 1.41. The van der Waals surface area contributed by atoms with Gasteiger partial charge in [-0.3, -0.25) is 0 Å². The molecular formula is C34H27F3N3+. The molecule has 0 saturated carbocycles. The molecule has 3 atom stereocenters. The van der Waals surface area contributed by atoms with Gasteiger partial charge in [0.25, 0.3) is 0 Å². The van der Waals surface area contributed by atoms with Gasteiger partial charge in [0.2, 0.25) is 11.4 Å². The third-order valence-electron chi connectivity index (χ3n) is 9.19. The molecule has 5 heterocycles. The van der Waals surface area contributed by atoms with E-state index in [0.717, 1.165) is 29.8 Å². The van der Waals surface area contributed by atoms with Gasteiger partial charge in [-0.1, -0.05) is 48.5 Å². The van der Waals surface area contributed by atoms with Crippen molar-refractivity contribution in [2.24, 2.45) is 0 Å². The molecule has 4 aromatic rings. The molecule has 8 rings (SSSR count). The van der Waals surface area contributed by atoms with Crippen LogP contribution in [0.4, 0.5) is 13.2 Å². The maximum Gasteiger partial charge on any atom is 0.221 e. The SMILES string of the molecule is C=C1C2C(CCc3c(F)c(F)cc(F)c3-c3ccc(-c4ccccc4)c[n+]31)c1cccc3c1C1N(C=CN21)CC3. The summed E-state index contributed by atoms with van der Waals surface area (Å²) in [6, 6.07) is 20.7. The van der Waals surface area contributed by atoms with E-state index in [9.17, 15) is 4.39 Å². The second kappa shape index (κ2) is 8.59. The average molecular weight is 535 g/mol. The quantitative estimate of drug-likeness (QED) is 0.193. The van der Waals surface area contributed by atoms with E-state index >= 15 is 8.78 Å². The zero-order valence-electron chi connectivity index (χ0n) is 21.8. The van der Waals surface area contributed by atoms with E-state index in [0.29, 0.717) is 18.2 Å². The van der Waals surface area contributed by atoms with Crippen molar-refractivity contribution in [1.29, 1.82) is 0 Å². The normalized spacial score (nSPS) is 22.1. The van der Waals surface area contributed by atoms with E-state index in [1.165, 1.54) is 16.7 Å². The Hall–Kier alpha value is -4.32. The number of fused-ring (bicyclic) bond motifs is 6. The molecule has 1 aromatic heterocycles. The van der Waals surface area contributed by atoms with E-state index in [2.05, 4.69) is 47.0 Å². The molecule has 6 heteroatoms. The van der Waals surface area contributed by atoms with Crippen LogP contribution in [0.2, 0.25) is 0 Å². The minimum atomic E-state index is -1.16. The van der Waals surface area contributed by atoms with Gasteiger partial charge in [0.15, 0.2) is 17.8 Å². The van der Waals surface area contributed by atoms with Crippen molar-refractivity contribution in [2.45, 2.75) is 37.4 Å². The maximum atomic E-state index is 15.6. The molecule has 3 unspecified atom stereocenters. The van der Waals surface area contributed by atoms with Gasteiger partial charge in [0, 0.05) is 53.7 Å². The van der Waals surface area contributed by atoms with Crippen molar-refractivity contribution in [1.82, 2.24) is 9.80 Å². The second-order valence-corrected chi connectivity index (χ2v) is 11.2. The first-order valence-corrected chi connectivity index (χ1v) is 13.8. The number of benzene rings is 3. The molecule has 4 aliphatic heterocycles. The molecule has 0 fully saturated rings. The van der Waals surface area contributed by atoms with E-state index in [1.54, 1.807) is 0 Å². The van der Waals surface area contributed by atoms with Crippen LogP contribution in [0.5, 0.6) is 0 Å². The third-order valence-corrected chi connectivity index (χ3v) is 9.19. The highest BCUT2D eigenvalue weighted by atomic mass is 19.2. The molecule has 4 aliphatic rings. The van der Waals surface area contributed by atoms with Crippen molar-refractivity contribution < 1.29 is 17.7 Å². The Labute approximate surface area is 231 Å². The Morgan fingerprint density at radius 1 is 0.850 bits per heavy atom. The highest BCUT2D eigenvalue weighted by Crippen LogP contribution is 2.51. The van der Waals surface area contributed by atoms with Crippen molar-refractivity contribution in [3.8, 4) is 22.4 Å². The minimum Gasteiger partial charge on any atom is -0.352 e. The topological polar surface area (TPSA) is 10.4 Å². The average Bonchev–Trinajstić information content (AvgIpc) is 3.43. The van der Waals surface area contributed by atoms with Crippen molar-refractivity contribution in [3.63, 3.8) is 0 Å². The summed E-state index contributed by atoms with van der Waals surface area (Å²) in [5.74, 6) is -2.94. The van der Waals surface area contributed by atoms with Crippen LogP contribution in [0.1, 0.15) is 40.8 Å². The highest BCUT2D eigenvalue weighted by Gasteiger charge is 2.50. The fourth-order valence-corrected chi connectivity index (χ4v) is 7.43. The van der Waals surface area contributed by atoms with E-state index < -0.39 is 17.5 Å². The Morgan fingerprint density at radius 3 is 2.55 bits per heavy atom. The fraction of sp³-hybridized carbons (Fsp3) is 0.206. The van der Waals surface area contributed by atoms with Crippen LogP contribution in [-0.2, 0) is 12.8 Å². The van der Waals surface area contributed by atoms with Crippen LogP contribution in [-0.4, -0.2) is 22.4 Å². The number of nitrogens with zero attached hydrogens (tertiary/aromatic N) is 3. The molecule has 3 nitrogen and oxygen atoms in total. The molecular weight excluding hydrogens is 507 g/mol. The predicted octanol–water partition coefficient (Wildman–Crippen LogP) is 6.95. The molecule has 3 aromatic carbocycles. The van der Waals surface area contributed by atoms with Crippen molar-refractivity contribution in [2.75, 3.05) is 6.54 Å². The van der Waals surface area contributed by atoms with E-state index in [1.807, 2.05) is 53.2 Å². The van der Waals surface area contributed by atoms with Crippen LogP contribution in [0.3, 0.4) is 0 Å². The third kappa shape index (κ3) is 3.22. The lowest BCUT2D eigenvalue weighted by molar-refractivity contribution is -0.573. The van der Waals surface area contributed by atoms with Gasteiger partial charge in [-0.2, -0.15) is 4.57 Å². The maximum absolute atomic E-state index is 15.6. The highest BCUT2D eigenvalue weighted by molar-refractivity contribution is 5.69. The van der Waals surface area contributed by atoms with Crippen LogP contribution >= 0.6 is 0 Å². The Kier molecular flexibility index (Phi) is 5.06. The summed E-state index contributed by atoms with van der Waals surface area (Å²) in [6.07, 6.45) is 8.03. The standard InChI is InChI=1S/C34H27F3N3/c1-20-33-25(24-9-5-8-22-14-15-38-16-17-39(33)34(38)30(22)24)11-12-26-31(27(35)18-28(36)32(26)37)29-13-10-23(19-40(20)29)21-6-3-2-4-7-21/h2-10,13,16-19,25,33-34H,1,11-12,14-15H2/q+1. The lowest BCUT2D eigenvalue weighted by atomic mass is 9.75. The first kappa shape index (κ1) is 23.6. The van der Waals surface area contributed by atoms with Crippen LogP contribution < -0.4 is 4.57 Å². The summed E-state index contributed by atoms with van der Waals surface area (Å²) in [6.45, 7) is 5.57. The summed E-state index contributed by atoms with van der Waals surface area (Å²) >= 11 is 0. The zero-order chi connectivity index (χ0) is 27.1. The van der Waals surface area contributed by atoms with Gasteiger partial charge in [0.05, 0.1) is 5.56 Å². The molecule has 198 valence electrons. The van der Waals surface area contributed by atoms with Gasteiger partial charge in [-0.05, 0) is 48.6 Å². The first-order valence-electron chi connectivity index (χ1n) is 13.8. The zero-order valence-corrected chi connectivity index (χ0v) is 21.8. The van der Waals surface area contributed by atoms with Crippen LogP contribution in [0.15, 0.2) is 91.9 Å². The van der Waals surface area contributed by atoms with Crippen molar-refractivity contribution in [3.05, 3.63) is 132 Å². The van der Waals surface area contributed by atoms with Gasteiger partial charge in [0.1, 0.15) is 18.0 Å². The van der Waals surface area contributed by atoms with E-state index in [-0.39, 0.29) is 35.7 Å². The monoisotopic (exact) mass is 534 g/mol. The molecule has 0 saturated heterocycles. The molecule has 0 bridgehead atoms. The van der Waals surface area contributed by atoms with Gasteiger partial charge in [-0.25, -0.2) is 13.2 Å². The molecule has 0 amide bonds. The molecule has 0 spiro atoms. The second-order valence-electron chi connectivity index (χ2n) is 11.2.